The Labute approximate surface area is 383 Å². The fourth-order valence-corrected chi connectivity index (χ4v) is 6.80. The SMILES string of the molecule is CC/C=C\C/C=C\C/C=C\C/C=C\CCCCCCCCC(=O)OCC(COCCCCCCCC/C=C\CCCCCC)OC(=O)CCCCC/C=C\C/C=C\C/C=C\CC. The monoisotopic (exact) mass is 861 g/mol. The molecule has 1 atom stereocenters. The van der Waals surface area contributed by atoms with Crippen LogP contribution in [0.4, 0.5) is 0 Å². The molecule has 0 spiro atoms. The molecular formula is C57H96O5. The lowest BCUT2D eigenvalue weighted by Crippen LogP contribution is -2.30. The van der Waals surface area contributed by atoms with Gasteiger partial charge in [-0.05, 0) is 116 Å². The van der Waals surface area contributed by atoms with Gasteiger partial charge in [0.2, 0.25) is 0 Å². The maximum absolute atomic E-state index is 12.8. The van der Waals surface area contributed by atoms with Crippen molar-refractivity contribution < 1.29 is 23.8 Å². The van der Waals surface area contributed by atoms with Crippen LogP contribution in [0.1, 0.15) is 226 Å². The van der Waals surface area contributed by atoms with E-state index in [0.717, 1.165) is 109 Å². The first kappa shape index (κ1) is 58.8. The van der Waals surface area contributed by atoms with E-state index in [1.54, 1.807) is 0 Å². The molecule has 0 aromatic carbocycles. The zero-order valence-corrected chi connectivity index (χ0v) is 40.6. The van der Waals surface area contributed by atoms with Crippen molar-refractivity contribution >= 4 is 11.9 Å². The standard InChI is InChI=1S/C57H96O5/c1-4-7-10-13-16-19-22-25-27-28-29-30-31-33-35-38-41-44-47-50-56(58)61-54-55(53-60-52-49-46-43-40-37-34-26-23-20-17-14-11-8-5-2)62-57(59)51-48-45-42-39-36-32-24-21-18-15-12-9-6-3/h7,9-10,12,16,18-21,23,25,27,29-30,32,36,55H,4-6,8,11,13-15,17,22,24,26,28,31,33-35,37-54H2,1-3H3/b10-7-,12-9-,19-16-,21-18-,23-20-,27-25-,30-29-,36-32-. The van der Waals surface area contributed by atoms with Crippen LogP contribution in [0, 0.1) is 0 Å². The molecule has 0 fully saturated rings. The largest absolute Gasteiger partial charge is 0.462 e. The van der Waals surface area contributed by atoms with Gasteiger partial charge in [-0.25, -0.2) is 0 Å². The maximum atomic E-state index is 12.8. The number of rotatable bonds is 46. The Morgan fingerprint density at radius 1 is 0.371 bits per heavy atom. The minimum atomic E-state index is -0.565. The molecule has 0 bridgehead atoms. The van der Waals surface area contributed by atoms with Gasteiger partial charge in [-0.2, -0.15) is 0 Å². The van der Waals surface area contributed by atoms with Crippen LogP contribution in [-0.4, -0.2) is 37.9 Å². The summed E-state index contributed by atoms with van der Waals surface area (Å²) in [5, 5.41) is 0. The van der Waals surface area contributed by atoms with E-state index < -0.39 is 6.10 Å². The van der Waals surface area contributed by atoms with E-state index >= 15 is 0 Å². The third-order valence-electron chi connectivity index (χ3n) is 10.6. The lowest BCUT2D eigenvalue weighted by molar-refractivity contribution is -0.163. The molecule has 0 saturated carbocycles. The summed E-state index contributed by atoms with van der Waals surface area (Å²) in [4.78, 5) is 25.4. The van der Waals surface area contributed by atoms with Crippen molar-refractivity contribution in [3.63, 3.8) is 0 Å². The van der Waals surface area contributed by atoms with Crippen LogP contribution in [0.2, 0.25) is 0 Å². The van der Waals surface area contributed by atoms with Crippen molar-refractivity contribution in [3.05, 3.63) is 97.2 Å². The summed E-state index contributed by atoms with van der Waals surface area (Å²) in [5.74, 6) is -0.453. The highest BCUT2D eigenvalue weighted by atomic mass is 16.6. The molecule has 0 aliphatic heterocycles. The molecule has 1 unspecified atom stereocenters. The van der Waals surface area contributed by atoms with Gasteiger partial charge < -0.3 is 14.2 Å². The van der Waals surface area contributed by atoms with Gasteiger partial charge in [0.1, 0.15) is 6.61 Å². The number of esters is 2. The minimum Gasteiger partial charge on any atom is -0.462 e. The van der Waals surface area contributed by atoms with Gasteiger partial charge >= 0.3 is 11.9 Å². The molecule has 0 aliphatic carbocycles. The second-order valence-corrected chi connectivity index (χ2v) is 16.7. The van der Waals surface area contributed by atoms with E-state index in [1.807, 2.05) is 0 Å². The van der Waals surface area contributed by atoms with E-state index in [0.29, 0.717) is 19.4 Å². The normalized spacial score (nSPS) is 13.0. The van der Waals surface area contributed by atoms with Gasteiger partial charge in [-0.1, -0.05) is 195 Å². The number of carbonyl (C=O) groups is 2. The Kier molecular flexibility index (Phi) is 49.5. The Morgan fingerprint density at radius 2 is 0.726 bits per heavy atom. The van der Waals surface area contributed by atoms with Gasteiger partial charge in [0, 0.05) is 19.4 Å². The van der Waals surface area contributed by atoms with Gasteiger partial charge in [0.25, 0.3) is 0 Å². The van der Waals surface area contributed by atoms with Crippen molar-refractivity contribution in [3.8, 4) is 0 Å². The van der Waals surface area contributed by atoms with Crippen LogP contribution in [0.5, 0.6) is 0 Å². The average molecular weight is 861 g/mol. The first-order chi connectivity index (χ1) is 30.6. The van der Waals surface area contributed by atoms with Crippen LogP contribution in [0.3, 0.4) is 0 Å². The van der Waals surface area contributed by atoms with Gasteiger partial charge in [0.05, 0.1) is 6.61 Å². The molecule has 0 radical (unpaired) electrons. The first-order valence-corrected chi connectivity index (χ1v) is 25.8. The molecule has 0 amide bonds. The fraction of sp³-hybridized carbons (Fsp3) is 0.684. The number of hydrogen-bond donors (Lipinski definition) is 0. The number of carbonyl (C=O) groups excluding carboxylic acids is 2. The molecule has 62 heavy (non-hydrogen) atoms. The van der Waals surface area contributed by atoms with E-state index in [1.165, 1.54) is 83.5 Å². The Balaban J connectivity index is 4.33. The zero-order valence-electron chi connectivity index (χ0n) is 40.6. The fourth-order valence-electron chi connectivity index (χ4n) is 6.80. The Morgan fingerprint density at radius 3 is 1.19 bits per heavy atom. The number of ether oxygens (including phenoxy) is 3. The minimum absolute atomic E-state index is 0.0587. The molecule has 0 aromatic heterocycles. The molecule has 0 N–H and O–H groups in total. The molecule has 0 saturated heterocycles. The van der Waals surface area contributed by atoms with Crippen LogP contribution in [0.25, 0.3) is 0 Å². The van der Waals surface area contributed by atoms with Gasteiger partial charge in [0.15, 0.2) is 6.10 Å². The molecule has 0 aliphatic rings. The van der Waals surface area contributed by atoms with Crippen LogP contribution in [0.15, 0.2) is 97.2 Å². The molecule has 0 heterocycles. The summed E-state index contributed by atoms with van der Waals surface area (Å²) < 4.78 is 17.4. The molecule has 354 valence electrons. The summed E-state index contributed by atoms with van der Waals surface area (Å²) in [6, 6.07) is 0. The Bertz CT molecular complexity index is 1200. The van der Waals surface area contributed by atoms with Gasteiger partial charge in [-0.3, -0.25) is 9.59 Å². The van der Waals surface area contributed by atoms with Crippen molar-refractivity contribution in [2.24, 2.45) is 0 Å². The molecular weight excluding hydrogens is 765 g/mol. The maximum Gasteiger partial charge on any atom is 0.306 e. The van der Waals surface area contributed by atoms with Crippen molar-refractivity contribution in [1.29, 1.82) is 0 Å². The molecule has 0 rings (SSSR count). The lowest BCUT2D eigenvalue weighted by Gasteiger charge is -2.18. The number of hydrogen-bond acceptors (Lipinski definition) is 5. The highest BCUT2D eigenvalue weighted by Gasteiger charge is 2.17. The van der Waals surface area contributed by atoms with E-state index in [9.17, 15) is 9.59 Å². The highest BCUT2D eigenvalue weighted by Crippen LogP contribution is 2.13. The average Bonchev–Trinajstić information content (AvgIpc) is 3.27. The smallest absolute Gasteiger partial charge is 0.306 e. The van der Waals surface area contributed by atoms with E-state index in [4.69, 9.17) is 14.2 Å². The third kappa shape index (κ3) is 49.5. The topological polar surface area (TPSA) is 61.8 Å². The Hall–Kier alpha value is -3.18. The predicted molar refractivity (Wildman–Crippen MR) is 270 cm³/mol. The summed E-state index contributed by atoms with van der Waals surface area (Å²) in [5.41, 5.74) is 0. The predicted octanol–water partition coefficient (Wildman–Crippen LogP) is 17.5. The van der Waals surface area contributed by atoms with Crippen LogP contribution in [-0.2, 0) is 23.8 Å². The summed E-state index contributed by atoms with van der Waals surface area (Å²) in [6.07, 6.45) is 69.9. The van der Waals surface area contributed by atoms with E-state index in [2.05, 4.69) is 118 Å². The van der Waals surface area contributed by atoms with E-state index in [-0.39, 0.29) is 25.2 Å². The molecule has 5 heteroatoms. The first-order valence-electron chi connectivity index (χ1n) is 25.8. The number of allylic oxidation sites excluding steroid dienone is 16. The molecule has 0 aromatic rings. The van der Waals surface area contributed by atoms with Gasteiger partial charge in [-0.15, -0.1) is 0 Å². The summed E-state index contributed by atoms with van der Waals surface area (Å²) in [6.45, 7) is 7.53. The zero-order chi connectivity index (χ0) is 44.9. The second-order valence-electron chi connectivity index (χ2n) is 16.7. The quantitative estimate of drug-likeness (QED) is 0.0347. The third-order valence-corrected chi connectivity index (χ3v) is 10.6. The summed E-state index contributed by atoms with van der Waals surface area (Å²) >= 11 is 0. The van der Waals surface area contributed by atoms with Crippen molar-refractivity contribution in [1.82, 2.24) is 0 Å². The van der Waals surface area contributed by atoms with Crippen molar-refractivity contribution in [2.75, 3.05) is 19.8 Å². The lowest BCUT2D eigenvalue weighted by atomic mass is 10.1. The van der Waals surface area contributed by atoms with Crippen molar-refractivity contribution in [2.45, 2.75) is 232 Å². The number of unbranched alkanes of at least 4 members (excludes halogenated alkanes) is 19. The summed E-state index contributed by atoms with van der Waals surface area (Å²) in [7, 11) is 0. The highest BCUT2D eigenvalue weighted by molar-refractivity contribution is 5.70. The van der Waals surface area contributed by atoms with Crippen LogP contribution < -0.4 is 0 Å². The molecule has 5 nitrogen and oxygen atoms in total. The second kappa shape index (κ2) is 52.2. The van der Waals surface area contributed by atoms with Crippen LogP contribution >= 0.6 is 0 Å².